The van der Waals surface area contributed by atoms with Crippen molar-refractivity contribution in [1.82, 2.24) is 4.90 Å². The van der Waals surface area contributed by atoms with Gasteiger partial charge in [-0.2, -0.15) is 0 Å². The van der Waals surface area contributed by atoms with Gasteiger partial charge in [0.15, 0.2) is 11.5 Å². The van der Waals surface area contributed by atoms with E-state index in [0.717, 1.165) is 10.5 Å². The second-order valence-corrected chi connectivity index (χ2v) is 6.51. The van der Waals surface area contributed by atoms with Gasteiger partial charge < -0.3 is 14.4 Å². The molecular weight excluding hydrogens is 322 g/mol. The number of thioether (sulfide) groups is 1. The van der Waals surface area contributed by atoms with Gasteiger partial charge in [-0.15, -0.1) is 11.8 Å². The zero-order valence-corrected chi connectivity index (χ0v) is 15.4. The van der Waals surface area contributed by atoms with Gasteiger partial charge in [-0.05, 0) is 36.2 Å². The summed E-state index contributed by atoms with van der Waals surface area (Å²) < 4.78 is 10.5. The van der Waals surface area contributed by atoms with E-state index in [1.807, 2.05) is 43.4 Å². The second-order valence-electron chi connectivity index (χ2n) is 5.49. The summed E-state index contributed by atoms with van der Waals surface area (Å²) in [5.74, 6) is 1.88. The van der Waals surface area contributed by atoms with Crippen LogP contribution in [-0.4, -0.2) is 37.8 Å². The van der Waals surface area contributed by atoms with Crippen LogP contribution in [0.1, 0.15) is 11.1 Å². The number of amides is 1. The van der Waals surface area contributed by atoms with Crippen LogP contribution < -0.4 is 9.47 Å². The minimum absolute atomic E-state index is 0.0954. The summed E-state index contributed by atoms with van der Waals surface area (Å²) in [5, 5.41) is 0. The van der Waals surface area contributed by atoms with Crippen LogP contribution >= 0.6 is 11.8 Å². The third-order valence-corrected chi connectivity index (χ3v) is 4.90. The molecule has 0 bridgehead atoms. The molecule has 0 heterocycles. The summed E-state index contributed by atoms with van der Waals surface area (Å²) in [5.41, 5.74) is 2.20. The molecule has 0 aliphatic heterocycles. The minimum Gasteiger partial charge on any atom is -0.493 e. The summed E-state index contributed by atoms with van der Waals surface area (Å²) in [6.07, 6.45) is 0. The van der Waals surface area contributed by atoms with Gasteiger partial charge in [0.25, 0.3) is 0 Å². The molecule has 0 saturated heterocycles. The molecule has 0 aliphatic carbocycles. The van der Waals surface area contributed by atoms with Crippen LogP contribution in [0.15, 0.2) is 47.4 Å². The van der Waals surface area contributed by atoms with Crippen molar-refractivity contribution in [3.8, 4) is 11.5 Å². The van der Waals surface area contributed by atoms with E-state index in [0.29, 0.717) is 23.8 Å². The fraction of sp³-hybridized carbons (Fsp3) is 0.316. The Morgan fingerprint density at radius 2 is 1.79 bits per heavy atom. The maximum atomic E-state index is 12.4. The van der Waals surface area contributed by atoms with Gasteiger partial charge in [-0.1, -0.05) is 24.3 Å². The topological polar surface area (TPSA) is 38.8 Å². The van der Waals surface area contributed by atoms with Crippen molar-refractivity contribution in [2.45, 2.75) is 18.4 Å². The quantitative estimate of drug-likeness (QED) is 0.716. The summed E-state index contributed by atoms with van der Waals surface area (Å²) >= 11 is 1.57. The lowest BCUT2D eigenvalue weighted by molar-refractivity contribution is -0.127. The highest BCUT2D eigenvalue weighted by molar-refractivity contribution is 8.00. The fourth-order valence-electron chi connectivity index (χ4n) is 2.31. The van der Waals surface area contributed by atoms with Crippen molar-refractivity contribution in [1.29, 1.82) is 0 Å². The average molecular weight is 345 g/mol. The van der Waals surface area contributed by atoms with Crippen molar-refractivity contribution in [3.63, 3.8) is 0 Å². The third-order valence-electron chi connectivity index (χ3n) is 3.74. The maximum absolute atomic E-state index is 12.4. The molecule has 2 aromatic carbocycles. The van der Waals surface area contributed by atoms with E-state index in [4.69, 9.17) is 9.47 Å². The first-order valence-electron chi connectivity index (χ1n) is 7.68. The molecule has 0 spiro atoms. The summed E-state index contributed by atoms with van der Waals surface area (Å²) in [6.45, 7) is 2.59. The first kappa shape index (κ1) is 18.2. The zero-order chi connectivity index (χ0) is 17.5. The molecule has 0 saturated carbocycles. The lowest BCUT2D eigenvalue weighted by atomic mass is 10.2. The minimum atomic E-state index is 0.0954. The Hall–Kier alpha value is -2.14. The van der Waals surface area contributed by atoms with E-state index in [1.54, 1.807) is 30.9 Å². The molecule has 4 nitrogen and oxygen atoms in total. The summed E-state index contributed by atoms with van der Waals surface area (Å²) in [7, 11) is 5.03. The number of hydrogen-bond acceptors (Lipinski definition) is 4. The van der Waals surface area contributed by atoms with E-state index in [-0.39, 0.29) is 5.91 Å². The normalized spacial score (nSPS) is 10.3. The summed E-state index contributed by atoms with van der Waals surface area (Å²) in [4.78, 5) is 15.2. The third kappa shape index (κ3) is 4.68. The standard InChI is InChI=1S/C19H23NO3S/c1-14-7-5-6-8-18(14)24-13-19(21)20(2)12-15-9-10-16(22-3)17(11-15)23-4/h5-11H,12-13H2,1-4H3. The van der Waals surface area contributed by atoms with Crippen molar-refractivity contribution >= 4 is 17.7 Å². The molecule has 0 aromatic heterocycles. The second kappa shape index (κ2) is 8.64. The molecule has 0 unspecified atom stereocenters. The smallest absolute Gasteiger partial charge is 0.232 e. The van der Waals surface area contributed by atoms with E-state index >= 15 is 0 Å². The molecule has 5 heteroatoms. The van der Waals surface area contributed by atoms with Gasteiger partial charge in [0, 0.05) is 18.5 Å². The van der Waals surface area contributed by atoms with Crippen LogP contribution in [0.2, 0.25) is 0 Å². The SMILES string of the molecule is COc1ccc(CN(C)C(=O)CSc2ccccc2C)cc1OC. The van der Waals surface area contributed by atoms with Crippen LogP contribution in [0.25, 0.3) is 0 Å². The molecule has 0 fully saturated rings. The zero-order valence-electron chi connectivity index (χ0n) is 14.5. The van der Waals surface area contributed by atoms with Crippen LogP contribution in [0, 0.1) is 6.92 Å². The molecule has 0 N–H and O–H groups in total. The molecule has 0 radical (unpaired) electrons. The van der Waals surface area contributed by atoms with E-state index in [1.165, 1.54) is 5.56 Å². The molecule has 2 aromatic rings. The number of methoxy groups -OCH3 is 2. The Morgan fingerprint density at radius 3 is 2.46 bits per heavy atom. The Kier molecular flexibility index (Phi) is 6.55. The van der Waals surface area contributed by atoms with Crippen molar-refractivity contribution < 1.29 is 14.3 Å². The van der Waals surface area contributed by atoms with Crippen molar-refractivity contribution in [3.05, 3.63) is 53.6 Å². The number of ether oxygens (including phenoxy) is 2. The molecule has 1 amide bonds. The van der Waals surface area contributed by atoms with E-state index in [9.17, 15) is 4.79 Å². The van der Waals surface area contributed by atoms with Crippen LogP contribution in [0.4, 0.5) is 0 Å². The molecule has 24 heavy (non-hydrogen) atoms. The monoisotopic (exact) mass is 345 g/mol. The number of carbonyl (C=O) groups excluding carboxylic acids is 1. The maximum Gasteiger partial charge on any atom is 0.232 e. The first-order valence-corrected chi connectivity index (χ1v) is 8.67. The van der Waals surface area contributed by atoms with Crippen LogP contribution in [0.3, 0.4) is 0 Å². The van der Waals surface area contributed by atoms with E-state index in [2.05, 4.69) is 13.0 Å². The number of hydrogen-bond donors (Lipinski definition) is 0. The number of nitrogens with zero attached hydrogens (tertiary/aromatic N) is 1. The van der Waals surface area contributed by atoms with Crippen LogP contribution in [0.5, 0.6) is 11.5 Å². The molecule has 128 valence electrons. The molecule has 0 atom stereocenters. The average Bonchev–Trinajstić information content (AvgIpc) is 2.60. The molecule has 0 aliphatic rings. The number of aryl methyl sites for hydroxylation is 1. The molecular formula is C19H23NO3S. The van der Waals surface area contributed by atoms with Gasteiger partial charge in [-0.3, -0.25) is 4.79 Å². The Labute approximate surface area is 147 Å². The van der Waals surface area contributed by atoms with E-state index < -0.39 is 0 Å². The van der Waals surface area contributed by atoms with Gasteiger partial charge in [0.1, 0.15) is 0 Å². The number of rotatable bonds is 7. The Bertz CT molecular complexity index is 703. The highest BCUT2D eigenvalue weighted by Crippen LogP contribution is 2.28. The Balaban J connectivity index is 1.95. The number of benzene rings is 2. The van der Waals surface area contributed by atoms with Crippen molar-refractivity contribution in [2.24, 2.45) is 0 Å². The highest BCUT2D eigenvalue weighted by Gasteiger charge is 2.12. The van der Waals surface area contributed by atoms with Crippen molar-refractivity contribution in [2.75, 3.05) is 27.0 Å². The predicted molar refractivity (Wildman–Crippen MR) is 97.9 cm³/mol. The lowest BCUT2D eigenvalue weighted by Crippen LogP contribution is -2.27. The summed E-state index contributed by atoms with van der Waals surface area (Å²) in [6, 6.07) is 13.8. The number of carbonyl (C=O) groups is 1. The van der Waals surface area contributed by atoms with Gasteiger partial charge in [-0.25, -0.2) is 0 Å². The Morgan fingerprint density at radius 1 is 1.08 bits per heavy atom. The molecule has 2 rings (SSSR count). The van der Waals surface area contributed by atoms with Gasteiger partial charge in [0.2, 0.25) is 5.91 Å². The predicted octanol–water partition coefficient (Wildman–Crippen LogP) is 3.76. The highest BCUT2D eigenvalue weighted by atomic mass is 32.2. The van der Waals surface area contributed by atoms with Crippen LogP contribution in [-0.2, 0) is 11.3 Å². The fourth-order valence-corrected chi connectivity index (χ4v) is 3.28. The largest absolute Gasteiger partial charge is 0.493 e. The lowest BCUT2D eigenvalue weighted by Gasteiger charge is -2.18. The first-order chi connectivity index (χ1) is 11.5. The van der Waals surface area contributed by atoms with Gasteiger partial charge in [0.05, 0.1) is 20.0 Å². The van der Waals surface area contributed by atoms with Gasteiger partial charge >= 0.3 is 0 Å².